The Kier molecular flexibility index (Phi) is 1.42. The predicted molar refractivity (Wildman–Crippen MR) is 52.6 cm³/mol. The summed E-state index contributed by atoms with van der Waals surface area (Å²) in [5.41, 5.74) is 0.862. The van der Waals surface area contributed by atoms with E-state index < -0.39 is 0 Å². The second-order valence-corrected chi connectivity index (χ2v) is 3.36. The lowest BCUT2D eigenvalue weighted by atomic mass is 10.1. The van der Waals surface area contributed by atoms with E-state index in [0.29, 0.717) is 6.61 Å². The standard InChI is InChI=1S/C11H9NO2/c13-11-8-4-2-1-3-7(8)10-9(12-11)5-6-14-10/h1-4H,5-6H2,(H,12,13). The van der Waals surface area contributed by atoms with Crippen molar-refractivity contribution >= 4 is 10.8 Å². The number of rotatable bonds is 0. The van der Waals surface area contributed by atoms with Crippen LogP contribution in [-0.4, -0.2) is 16.7 Å². The average Bonchev–Trinajstić information content (AvgIpc) is 2.66. The zero-order valence-electron chi connectivity index (χ0n) is 7.53. The molecule has 0 atom stereocenters. The molecule has 3 rings (SSSR count). The van der Waals surface area contributed by atoms with Gasteiger partial charge in [-0.05, 0) is 6.07 Å². The molecule has 3 heteroatoms. The minimum Gasteiger partial charge on any atom is -0.493 e. The number of hydrogen-bond acceptors (Lipinski definition) is 3. The van der Waals surface area contributed by atoms with Crippen LogP contribution in [0.4, 0.5) is 0 Å². The van der Waals surface area contributed by atoms with Gasteiger partial charge in [-0.2, -0.15) is 0 Å². The molecular weight excluding hydrogens is 178 g/mol. The van der Waals surface area contributed by atoms with E-state index in [9.17, 15) is 5.11 Å². The van der Waals surface area contributed by atoms with E-state index in [0.717, 1.165) is 28.6 Å². The first-order valence-corrected chi connectivity index (χ1v) is 4.59. The van der Waals surface area contributed by atoms with Gasteiger partial charge in [-0.1, -0.05) is 18.2 Å². The fraction of sp³-hybridized carbons (Fsp3) is 0.182. The van der Waals surface area contributed by atoms with Gasteiger partial charge in [-0.15, -0.1) is 0 Å². The normalized spacial score (nSPS) is 14.0. The first-order valence-electron chi connectivity index (χ1n) is 4.59. The maximum absolute atomic E-state index is 9.67. The van der Waals surface area contributed by atoms with E-state index in [2.05, 4.69) is 4.98 Å². The van der Waals surface area contributed by atoms with Crippen molar-refractivity contribution in [2.45, 2.75) is 6.42 Å². The number of fused-ring (bicyclic) bond motifs is 3. The molecular formula is C11H9NO2. The molecule has 0 bridgehead atoms. The maximum Gasteiger partial charge on any atom is 0.219 e. The predicted octanol–water partition coefficient (Wildman–Crippen LogP) is 1.88. The van der Waals surface area contributed by atoms with Crippen LogP contribution in [0.25, 0.3) is 10.8 Å². The number of aromatic hydroxyl groups is 1. The van der Waals surface area contributed by atoms with E-state index in [1.807, 2.05) is 24.3 Å². The van der Waals surface area contributed by atoms with Gasteiger partial charge in [0.05, 0.1) is 12.3 Å². The van der Waals surface area contributed by atoms with Gasteiger partial charge in [0.1, 0.15) is 5.75 Å². The Hall–Kier alpha value is -1.77. The van der Waals surface area contributed by atoms with E-state index in [-0.39, 0.29) is 5.88 Å². The molecule has 3 nitrogen and oxygen atoms in total. The number of pyridine rings is 1. The fourth-order valence-corrected chi connectivity index (χ4v) is 1.85. The Morgan fingerprint density at radius 3 is 2.86 bits per heavy atom. The molecule has 1 aliphatic heterocycles. The molecule has 0 aliphatic carbocycles. The zero-order valence-corrected chi connectivity index (χ0v) is 7.53. The zero-order chi connectivity index (χ0) is 9.54. The van der Waals surface area contributed by atoms with Gasteiger partial charge < -0.3 is 9.84 Å². The molecule has 1 aromatic heterocycles. The maximum atomic E-state index is 9.67. The minimum atomic E-state index is 0.102. The summed E-state index contributed by atoms with van der Waals surface area (Å²) >= 11 is 0. The van der Waals surface area contributed by atoms with E-state index >= 15 is 0 Å². The molecule has 14 heavy (non-hydrogen) atoms. The van der Waals surface area contributed by atoms with Crippen LogP contribution < -0.4 is 4.74 Å². The molecule has 0 saturated carbocycles. The summed E-state index contributed by atoms with van der Waals surface area (Å²) in [6.07, 6.45) is 0.785. The molecule has 0 fully saturated rings. The Morgan fingerprint density at radius 2 is 2.00 bits per heavy atom. The molecule has 70 valence electrons. The second kappa shape index (κ2) is 2.61. The lowest BCUT2D eigenvalue weighted by Crippen LogP contribution is -1.87. The summed E-state index contributed by atoms with van der Waals surface area (Å²) in [7, 11) is 0. The van der Waals surface area contributed by atoms with Gasteiger partial charge in [0, 0.05) is 17.2 Å². The molecule has 0 amide bonds. The SMILES string of the molecule is Oc1nc2c(c3ccccc13)OCC2. The van der Waals surface area contributed by atoms with Crippen LogP contribution in [0.2, 0.25) is 0 Å². The van der Waals surface area contributed by atoms with Crippen molar-refractivity contribution in [3.05, 3.63) is 30.0 Å². The van der Waals surface area contributed by atoms with Crippen molar-refractivity contribution < 1.29 is 9.84 Å². The quantitative estimate of drug-likeness (QED) is 0.684. The lowest BCUT2D eigenvalue weighted by molar-refractivity contribution is 0.360. The van der Waals surface area contributed by atoms with Crippen LogP contribution in [0.5, 0.6) is 11.6 Å². The highest BCUT2D eigenvalue weighted by atomic mass is 16.5. The third kappa shape index (κ3) is 0.894. The van der Waals surface area contributed by atoms with Crippen LogP contribution in [0, 0.1) is 0 Å². The summed E-state index contributed by atoms with van der Waals surface area (Å²) in [4.78, 5) is 4.11. The first-order chi connectivity index (χ1) is 6.86. The summed E-state index contributed by atoms with van der Waals surface area (Å²) in [6.45, 7) is 0.662. The lowest BCUT2D eigenvalue weighted by Gasteiger charge is -2.05. The average molecular weight is 187 g/mol. The number of hydrogen-bond donors (Lipinski definition) is 1. The fourth-order valence-electron chi connectivity index (χ4n) is 1.85. The Balaban J connectivity index is 2.47. The van der Waals surface area contributed by atoms with Gasteiger partial charge in [0.2, 0.25) is 5.88 Å². The molecule has 1 N–H and O–H groups in total. The van der Waals surface area contributed by atoms with Crippen LogP contribution in [0.1, 0.15) is 5.69 Å². The first kappa shape index (κ1) is 7.62. The molecule has 2 aromatic rings. The Bertz CT molecular complexity index is 508. The van der Waals surface area contributed by atoms with Gasteiger partial charge >= 0.3 is 0 Å². The summed E-state index contributed by atoms with van der Waals surface area (Å²) in [5.74, 6) is 0.934. The summed E-state index contributed by atoms with van der Waals surface area (Å²) in [6, 6.07) is 7.61. The van der Waals surface area contributed by atoms with Gasteiger partial charge in [0.25, 0.3) is 0 Å². The monoisotopic (exact) mass is 187 g/mol. The highest BCUT2D eigenvalue weighted by Gasteiger charge is 2.18. The highest BCUT2D eigenvalue weighted by molar-refractivity contribution is 5.92. The van der Waals surface area contributed by atoms with E-state index in [1.165, 1.54) is 0 Å². The molecule has 0 saturated heterocycles. The summed E-state index contributed by atoms with van der Waals surface area (Å²) < 4.78 is 5.49. The van der Waals surface area contributed by atoms with Crippen LogP contribution in [0.15, 0.2) is 24.3 Å². The highest BCUT2D eigenvalue weighted by Crippen LogP contribution is 2.36. The van der Waals surface area contributed by atoms with Gasteiger partial charge in [-0.25, -0.2) is 4.98 Å². The number of ether oxygens (including phenoxy) is 1. The Labute approximate surface area is 81.0 Å². The van der Waals surface area contributed by atoms with Gasteiger partial charge in [-0.3, -0.25) is 0 Å². The summed E-state index contributed by atoms with van der Waals surface area (Å²) in [5, 5.41) is 11.4. The number of benzene rings is 1. The van der Waals surface area contributed by atoms with Crippen molar-refractivity contribution in [1.29, 1.82) is 0 Å². The smallest absolute Gasteiger partial charge is 0.219 e. The van der Waals surface area contributed by atoms with Crippen molar-refractivity contribution in [2.24, 2.45) is 0 Å². The topological polar surface area (TPSA) is 42.4 Å². The molecule has 2 heterocycles. The third-order valence-corrected chi connectivity index (χ3v) is 2.50. The number of aromatic nitrogens is 1. The molecule has 0 spiro atoms. The molecule has 0 radical (unpaired) electrons. The van der Waals surface area contributed by atoms with Crippen LogP contribution in [0.3, 0.4) is 0 Å². The van der Waals surface area contributed by atoms with E-state index in [4.69, 9.17) is 4.74 Å². The minimum absolute atomic E-state index is 0.102. The van der Waals surface area contributed by atoms with Gasteiger partial charge in [0.15, 0.2) is 0 Å². The number of nitrogens with zero attached hydrogens (tertiary/aromatic N) is 1. The molecule has 0 unspecified atom stereocenters. The van der Waals surface area contributed by atoms with E-state index in [1.54, 1.807) is 0 Å². The molecule has 1 aromatic carbocycles. The van der Waals surface area contributed by atoms with Crippen molar-refractivity contribution in [3.8, 4) is 11.6 Å². The second-order valence-electron chi connectivity index (χ2n) is 3.36. The van der Waals surface area contributed by atoms with Crippen molar-refractivity contribution in [1.82, 2.24) is 4.98 Å². The molecule has 1 aliphatic rings. The van der Waals surface area contributed by atoms with Crippen LogP contribution >= 0.6 is 0 Å². The van der Waals surface area contributed by atoms with Crippen molar-refractivity contribution in [2.75, 3.05) is 6.61 Å². The van der Waals surface area contributed by atoms with Crippen molar-refractivity contribution in [3.63, 3.8) is 0 Å². The third-order valence-electron chi connectivity index (χ3n) is 2.50. The van der Waals surface area contributed by atoms with Crippen LogP contribution in [-0.2, 0) is 6.42 Å². The largest absolute Gasteiger partial charge is 0.493 e. The Morgan fingerprint density at radius 1 is 1.21 bits per heavy atom.